The van der Waals surface area contributed by atoms with Gasteiger partial charge in [-0.05, 0) is 42.0 Å². The molecule has 0 unspecified atom stereocenters. The minimum absolute atomic E-state index is 0.452. The lowest BCUT2D eigenvalue weighted by molar-refractivity contribution is -0.500. The molecule has 2 rings (SSSR count). The summed E-state index contributed by atoms with van der Waals surface area (Å²) < 4.78 is 5.86. The van der Waals surface area contributed by atoms with Crippen molar-refractivity contribution in [1.29, 1.82) is 0 Å². The third-order valence-electron chi connectivity index (χ3n) is 2.84. The van der Waals surface area contributed by atoms with Crippen molar-refractivity contribution in [3.05, 3.63) is 64.7 Å². The van der Waals surface area contributed by atoms with Crippen LogP contribution in [0.25, 0.3) is 0 Å². The second-order valence-corrected chi connectivity index (χ2v) is 5.29. The fourth-order valence-electron chi connectivity index (χ4n) is 1.76. The van der Waals surface area contributed by atoms with Gasteiger partial charge in [-0.3, -0.25) is 0 Å². The van der Waals surface area contributed by atoms with Gasteiger partial charge in [0.05, 0.1) is 5.56 Å². The van der Waals surface area contributed by atoms with Crippen molar-refractivity contribution >= 4 is 35.1 Å². The number of rotatable bonds is 5. The molecule has 22 heavy (non-hydrogen) atoms. The maximum absolute atomic E-state index is 5.97. The second-order valence-electron chi connectivity index (χ2n) is 4.45. The van der Waals surface area contributed by atoms with Crippen LogP contribution in [0.5, 0.6) is 5.75 Å². The summed E-state index contributed by atoms with van der Waals surface area (Å²) in [6.45, 7) is 0.452. The number of hydrogen-bond acceptors (Lipinski definition) is 2. The minimum atomic E-state index is 0.452. The van der Waals surface area contributed by atoms with Gasteiger partial charge in [-0.15, -0.1) is 10.5 Å². The third kappa shape index (κ3) is 5.02. The molecule has 0 amide bonds. The highest BCUT2D eigenvalue weighted by atomic mass is 35.5. The van der Waals surface area contributed by atoms with E-state index in [0.29, 0.717) is 16.7 Å². The molecule has 0 atom stereocenters. The largest absolute Gasteiger partial charge is 0.488 e. The zero-order valence-corrected chi connectivity index (χ0v) is 13.7. The summed E-state index contributed by atoms with van der Waals surface area (Å²) in [5.74, 6) is 0.771. The molecule has 3 N–H and O–H groups in total. The van der Waals surface area contributed by atoms with E-state index >= 15 is 0 Å². The van der Waals surface area contributed by atoms with Gasteiger partial charge in [0.1, 0.15) is 12.4 Å². The van der Waals surface area contributed by atoms with Crippen molar-refractivity contribution in [2.45, 2.75) is 6.61 Å². The molecule has 0 spiro atoms. The quantitative estimate of drug-likeness (QED) is 0.440. The minimum Gasteiger partial charge on any atom is -0.488 e. The molecular weight excluding hydrogens is 318 g/mol. The van der Waals surface area contributed by atoms with Gasteiger partial charge in [-0.25, -0.2) is 0 Å². The van der Waals surface area contributed by atoms with Crippen molar-refractivity contribution in [1.82, 2.24) is 10.7 Å². The van der Waals surface area contributed by atoms with Crippen LogP contribution in [0.2, 0.25) is 5.02 Å². The van der Waals surface area contributed by atoms with Gasteiger partial charge in [0, 0.05) is 12.1 Å². The van der Waals surface area contributed by atoms with Gasteiger partial charge in [-0.1, -0.05) is 35.9 Å². The fraction of sp³-hybridized carbons (Fsp3) is 0.125. The Balaban J connectivity index is 2.03. The Morgan fingerprint density at radius 3 is 2.86 bits per heavy atom. The van der Waals surface area contributed by atoms with Crippen LogP contribution < -0.4 is 20.6 Å². The van der Waals surface area contributed by atoms with Crippen LogP contribution >= 0.6 is 23.8 Å². The Morgan fingerprint density at radius 1 is 1.27 bits per heavy atom. The lowest BCUT2D eigenvalue weighted by atomic mass is 10.2. The number of benzene rings is 2. The average molecular weight is 335 g/mol. The van der Waals surface area contributed by atoms with E-state index in [4.69, 9.17) is 28.6 Å². The standard InChI is InChI=1S/C16H16ClN3OS/c1-18-16(22)20-19-10-13-6-2-3-8-15(13)21-11-12-5-4-7-14(17)9-12/h2-10H,11H2,1H3,(H2,18,20,22)/p+1. The molecule has 0 aliphatic carbocycles. The summed E-state index contributed by atoms with van der Waals surface area (Å²) in [6, 6.07) is 15.3. The van der Waals surface area contributed by atoms with Crippen LogP contribution in [0.3, 0.4) is 0 Å². The Labute approximate surface area is 140 Å². The number of ether oxygens (including phenoxy) is 1. The molecule has 0 heterocycles. The molecule has 0 saturated carbocycles. The SMILES string of the molecule is CNC(=S)N[NH+]=Cc1ccccc1OCc1cccc(Cl)c1. The molecule has 2 aromatic carbocycles. The number of hydrazone groups is 1. The van der Waals surface area contributed by atoms with Crippen LogP contribution in [-0.4, -0.2) is 18.4 Å². The first kappa shape index (κ1) is 16.3. The van der Waals surface area contributed by atoms with Gasteiger partial charge >= 0.3 is 0 Å². The van der Waals surface area contributed by atoms with Crippen molar-refractivity contribution in [2.75, 3.05) is 7.05 Å². The summed E-state index contributed by atoms with van der Waals surface area (Å²) in [4.78, 5) is 0. The van der Waals surface area contributed by atoms with E-state index in [1.54, 1.807) is 13.3 Å². The summed E-state index contributed by atoms with van der Waals surface area (Å²) in [6.07, 6.45) is 1.79. The molecule has 0 bridgehead atoms. The van der Waals surface area contributed by atoms with E-state index in [-0.39, 0.29) is 0 Å². The first-order valence-corrected chi connectivity index (χ1v) is 7.50. The molecule has 0 aliphatic rings. The predicted octanol–water partition coefficient (Wildman–Crippen LogP) is 1.43. The highest BCUT2D eigenvalue weighted by Crippen LogP contribution is 2.18. The van der Waals surface area contributed by atoms with Crippen molar-refractivity contribution in [2.24, 2.45) is 0 Å². The molecule has 0 radical (unpaired) electrons. The van der Waals surface area contributed by atoms with E-state index in [0.717, 1.165) is 16.9 Å². The number of thiocarbonyl (C=S) groups is 1. The first-order chi connectivity index (χ1) is 10.7. The second kappa shape index (κ2) is 8.36. The lowest BCUT2D eigenvalue weighted by Crippen LogP contribution is -2.82. The maximum Gasteiger partial charge on any atom is 0.223 e. The highest BCUT2D eigenvalue weighted by molar-refractivity contribution is 7.80. The summed E-state index contributed by atoms with van der Waals surface area (Å²) in [7, 11) is 1.75. The number of hydrogen-bond donors (Lipinski definition) is 3. The van der Waals surface area contributed by atoms with E-state index in [1.807, 2.05) is 48.5 Å². The topological polar surface area (TPSA) is 47.3 Å². The van der Waals surface area contributed by atoms with Crippen molar-refractivity contribution in [3.8, 4) is 5.75 Å². The normalized spacial score (nSPS) is 10.5. The van der Waals surface area contributed by atoms with Gasteiger partial charge < -0.3 is 10.1 Å². The van der Waals surface area contributed by atoms with Crippen LogP contribution in [0, 0.1) is 0 Å². The molecule has 0 fully saturated rings. The zero-order valence-electron chi connectivity index (χ0n) is 12.1. The Kier molecular flexibility index (Phi) is 6.18. The van der Waals surface area contributed by atoms with E-state index < -0.39 is 0 Å². The molecular formula is C16H17ClN3OS+. The van der Waals surface area contributed by atoms with E-state index in [1.165, 1.54) is 0 Å². The van der Waals surface area contributed by atoms with Crippen LogP contribution in [0.15, 0.2) is 48.5 Å². The molecule has 0 aliphatic heterocycles. The summed E-state index contributed by atoms with van der Waals surface area (Å²) in [5, 5.41) is 6.94. The fourth-order valence-corrected chi connectivity index (χ4v) is 2.03. The van der Waals surface area contributed by atoms with Crippen LogP contribution in [0.1, 0.15) is 11.1 Å². The molecule has 2 aromatic rings. The van der Waals surface area contributed by atoms with Crippen molar-refractivity contribution in [3.63, 3.8) is 0 Å². The Morgan fingerprint density at radius 2 is 2.09 bits per heavy atom. The van der Waals surface area contributed by atoms with E-state index in [9.17, 15) is 0 Å². The van der Waals surface area contributed by atoms with Crippen LogP contribution in [0.4, 0.5) is 0 Å². The van der Waals surface area contributed by atoms with Crippen molar-refractivity contribution < 1.29 is 9.84 Å². The lowest BCUT2D eigenvalue weighted by Gasteiger charge is -2.08. The molecule has 0 saturated heterocycles. The summed E-state index contributed by atoms with van der Waals surface area (Å²) in [5.41, 5.74) is 4.76. The first-order valence-electron chi connectivity index (χ1n) is 6.72. The molecule has 114 valence electrons. The number of hydrazine groups is 1. The summed E-state index contributed by atoms with van der Waals surface area (Å²) >= 11 is 11.0. The number of nitrogens with one attached hydrogen (secondary N) is 3. The van der Waals surface area contributed by atoms with Gasteiger partial charge in [0.2, 0.25) is 11.3 Å². The van der Waals surface area contributed by atoms with Gasteiger partial charge in [0.15, 0.2) is 0 Å². The maximum atomic E-state index is 5.97. The van der Waals surface area contributed by atoms with E-state index in [2.05, 4.69) is 15.8 Å². The highest BCUT2D eigenvalue weighted by Gasteiger charge is 2.04. The van der Waals surface area contributed by atoms with Gasteiger partial charge in [-0.2, -0.15) is 0 Å². The number of para-hydroxylation sites is 1. The average Bonchev–Trinajstić information content (AvgIpc) is 2.54. The smallest absolute Gasteiger partial charge is 0.223 e. The Bertz CT molecular complexity index is 676. The Hall–Kier alpha value is -2.11. The third-order valence-corrected chi connectivity index (χ3v) is 3.38. The zero-order chi connectivity index (χ0) is 15.8. The molecule has 6 heteroatoms. The number of halogens is 1. The monoisotopic (exact) mass is 334 g/mol. The predicted molar refractivity (Wildman–Crippen MR) is 93.1 cm³/mol. The van der Waals surface area contributed by atoms with Gasteiger partial charge in [0.25, 0.3) is 0 Å². The molecule has 0 aromatic heterocycles. The van der Waals surface area contributed by atoms with Crippen LogP contribution in [-0.2, 0) is 6.61 Å². The molecule has 4 nitrogen and oxygen atoms in total.